The Labute approximate surface area is 202 Å². The molecule has 162 valence electrons. The summed E-state index contributed by atoms with van der Waals surface area (Å²) in [5.74, 6) is 0.432. The van der Waals surface area contributed by atoms with Crippen LogP contribution >= 0.6 is 46.3 Å². The van der Waals surface area contributed by atoms with E-state index in [2.05, 4.69) is 20.8 Å². The molecule has 1 heterocycles. The molecule has 4 aromatic rings. The molecule has 4 rings (SSSR count). The van der Waals surface area contributed by atoms with Crippen molar-refractivity contribution in [2.24, 2.45) is 0 Å². The number of hydrogen-bond donors (Lipinski definition) is 2. The Kier molecular flexibility index (Phi) is 7.26. The second-order valence-corrected chi connectivity index (χ2v) is 9.37. The van der Waals surface area contributed by atoms with Gasteiger partial charge in [-0.1, -0.05) is 64.9 Å². The number of urea groups is 1. The highest BCUT2D eigenvalue weighted by Gasteiger charge is 2.14. The molecule has 3 aromatic carbocycles. The predicted molar refractivity (Wildman–Crippen MR) is 130 cm³/mol. The van der Waals surface area contributed by atoms with Crippen LogP contribution in [0.1, 0.15) is 5.56 Å². The minimum atomic E-state index is -0.490. The molecule has 0 aliphatic rings. The number of nitrogens with zero attached hydrogens (tertiary/aromatic N) is 2. The van der Waals surface area contributed by atoms with E-state index in [4.69, 9.17) is 23.2 Å². The maximum Gasteiger partial charge on any atom is 0.325 e. The van der Waals surface area contributed by atoms with Crippen molar-refractivity contribution in [1.29, 1.82) is 0 Å². The molecule has 32 heavy (non-hydrogen) atoms. The summed E-state index contributed by atoms with van der Waals surface area (Å²) in [6.07, 6.45) is 0. The molecule has 10 heteroatoms. The monoisotopic (exact) mass is 504 g/mol. The highest BCUT2D eigenvalue weighted by atomic mass is 35.5. The summed E-state index contributed by atoms with van der Waals surface area (Å²) in [6, 6.07) is 18.5. The number of aromatic nitrogens is 2. The highest BCUT2D eigenvalue weighted by molar-refractivity contribution is 7.98. The average Bonchev–Trinajstić information content (AvgIpc) is 3.23. The SMILES string of the molecule is O=C(Nc1nnc(-c2ccccc2SCc2ccc(F)cc2)s1)Nc1ccc(Cl)cc1Cl. The molecule has 0 saturated carbocycles. The summed E-state index contributed by atoms with van der Waals surface area (Å²) >= 11 is 14.8. The Balaban J connectivity index is 1.44. The fourth-order valence-electron chi connectivity index (χ4n) is 2.74. The van der Waals surface area contributed by atoms with Crippen LogP contribution in [0, 0.1) is 5.82 Å². The van der Waals surface area contributed by atoms with Gasteiger partial charge in [0.2, 0.25) is 5.13 Å². The van der Waals surface area contributed by atoms with E-state index in [-0.39, 0.29) is 5.82 Å². The minimum Gasteiger partial charge on any atom is -0.306 e. The number of nitrogens with one attached hydrogen (secondary N) is 2. The van der Waals surface area contributed by atoms with Crippen LogP contribution in [0.25, 0.3) is 10.6 Å². The molecular formula is C22H15Cl2FN4OS2. The third kappa shape index (κ3) is 5.77. The van der Waals surface area contributed by atoms with Crippen molar-refractivity contribution >= 4 is 63.2 Å². The molecule has 0 unspecified atom stereocenters. The first kappa shape index (κ1) is 22.5. The third-order valence-electron chi connectivity index (χ3n) is 4.25. The molecule has 0 atom stereocenters. The lowest BCUT2D eigenvalue weighted by atomic mass is 10.2. The molecule has 0 aliphatic carbocycles. The van der Waals surface area contributed by atoms with Gasteiger partial charge in [-0.3, -0.25) is 5.32 Å². The first-order valence-electron chi connectivity index (χ1n) is 9.31. The Bertz CT molecular complexity index is 1250. The molecule has 2 N–H and O–H groups in total. The number of thioether (sulfide) groups is 1. The number of hydrogen-bond acceptors (Lipinski definition) is 5. The molecule has 2 amide bonds. The molecular weight excluding hydrogens is 490 g/mol. The van der Waals surface area contributed by atoms with Gasteiger partial charge in [0.05, 0.1) is 10.7 Å². The second kappa shape index (κ2) is 10.3. The normalized spacial score (nSPS) is 10.7. The van der Waals surface area contributed by atoms with Gasteiger partial charge in [0.25, 0.3) is 0 Å². The lowest BCUT2D eigenvalue weighted by Gasteiger charge is -2.07. The van der Waals surface area contributed by atoms with Gasteiger partial charge < -0.3 is 5.32 Å². The summed E-state index contributed by atoms with van der Waals surface area (Å²) in [7, 11) is 0. The smallest absolute Gasteiger partial charge is 0.306 e. The maximum absolute atomic E-state index is 13.1. The lowest BCUT2D eigenvalue weighted by molar-refractivity contribution is 0.262. The van der Waals surface area contributed by atoms with Crippen LogP contribution in [0.2, 0.25) is 10.0 Å². The number of carbonyl (C=O) groups excluding carboxylic acids is 1. The number of amides is 2. The molecule has 5 nitrogen and oxygen atoms in total. The zero-order chi connectivity index (χ0) is 22.5. The molecule has 0 saturated heterocycles. The van der Waals surface area contributed by atoms with Gasteiger partial charge in [0, 0.05) is 21.2 Å². The maximum atomic E-state index is 13.1. The van der Waals surface area contributed by atoms with E-state index in [0.717, 1.165) is 16.0 Å². The van der Waals surface area contributed by atoms with E-state index in [9.17, 15) is 9.18 Å². The summed E-state index contributed by atoms with van der Waals surface area (Å²) in [5.41, 5.74) is 2.36. The Morgan fingerprint density at radius 3 is 2.56 bits per heavy atom. The van der Waals surface area contributed by atoms with Crippen molar-refractivity contribution in [2.45, 2.75) is 10.6 Å². The van der Waals surface area contributed by atoms with Crippen LogP contribution in [-0.2, 0) is 5.75 Å². The van der Waals surface area contributed by atoms with Crippen LogP contribution in [-0.4, -0.2) is 16.2 Å². The van der Waals surface area contributed by atoms with Crippen molar-refractivity contribution in [3.8, 4) is 10.6 Å². The van der Waals surface area contributed by atoms with E-state index >= 15 is 0 Å². The summed E-state index contributed by atoms with van der Waals surface area (Å²) in [5, 5.41) is 15.4. The van der Waals surface area contributed by atoms with Crippen LogP contribution < -0.4 is 10.6 Å². The van der Waals surface area contributed by atoms with Crippen molar-refractivity contribution < 1.29 is 9.18 Å². The molecule has 0 bridgehead atoms. The topological polar surface area (TPSA) is 66.9 Å². The van der Waals surface area contributed by atoms with E-state index in [1.165, 1.54) is 23.5 Å². The quantitative estimate of drug-likeness (QED) is 0.265. The Morgan fingerprint density at radius 1 is 1.00 bits per heavy atom. The first-order valence-corrected chi connectivity index (χ1v) is 11.9. The van der Waals surface area contributed by atoms with Crippen LogP contribution in [0.4, 0.5) is 20.0 Å². The van der Waals surface area contributed by atoms with Gasteiger partial charge in [0.15, 0.2) is 5.01 Å². The minimum absolute atomic E-state index is 0.254. The molecule has 0 spiro atoms. The summed E-state index contributed by atoms with van der Waals surface area (Å²) in [4.78, 5) is 13.3. The van der Waals surface area contributed by atoms with Crippen molar-refractivity contribution in [1.82, 2.24) is 10.2 Å². The van der Waals surface area contributed by atoms with Gasteiger partial charge in [-0.15, -0.1) is 22.0 Å². The highest BCUT2D eigenvalue weighted by Crippen LogP contribution is 2.36. The number of carbonyl (C=O) groups is 1. The van der Waals surface area contributed by atoms with E-state index < -0.39 is 6.03 Å². The molecule has 0 radical (unpaired) electrons. The standard InChI is InChI=1S/C22H15Cl2FN4OS2/c23-14-7-10-18(17(24)11-14)26-21(30)27-22-29-28-20(32-22)16-3-1-2-4-19(16)31-12-13-5-8-15(25)9-6-13/h1-11H,12H2,(H2,26,27,29,30). The lowest BCUT2D eigenvalue weighted by Crippen LogP contribution is -2.19. The van der Waals surface area contributed by atoms with Crippen LogP contribution in [0.15, 0.2) is 71.6 Å². The average molecular weight is 505 g/mol. The number of halogens is 3. The fraction of sp³-hybridized carbons (Fsp3) is 0.0455. The predicted octanol–water partition coefficient (Wildman–Crippen LogP) is 7.59. The van der Waals surface area contributed by atoms with Gasteiger partial charge in [0.1, 0.15) is 5.82 Å². The number of anilines is 2. The van der Waals surface area contributed by atoms with Crippen LogP contribution in [0.3, 0.4) is 0 Å². The molecule has 0 fully saturated rings. The van der Waals surface area contributed by atoms with Crippen molar-refractivity contribution in [2.75, 3.05) is 10.6 Å². The first-order chi connectivity index (χ1) is 15.5. The van der Waals surface area contributed by atoms with Gasteiger partial charge in [-0.05, 0) is 42.0 Å². The summed E-state index contributed by atoms with van der Waals surface area (Å²) < 4.78 is 13.1. The van der Waals surface area contributed by atoms with E-state index in [1.54, 1.807) is 42.1 Å². The molecule has 0 aliphatic heterocycles. The van der Waals surface area contributed by atoms with Crippen LogP contribution in [0.5, 0.6) is 0 Å². The number of benzene rings is 3. The van der Waals surface area contributed by atoms with E-state index in [0.29, 0.717) is 31.6 Å². The van der Waals surface area contributed by atoms with Gasteiger partial charge in [-0.25, -0.2) is 9.18 Å². The van der Waals surface area contributed by atoms with E-state index in [1.807, 2.05) is 24.3 Å². The second-order valence-electron chi connectivity index (χ2n) is 6.53. The van der Waals surface area contributed by atoms with Crippen molar-refractivity contribution in [3.05, 3.63) is 88.2 Å². The third-order valence-corrected chi connectivity index (χ3v) is 6.81. The van der Waals surface area contributed by atoms with Crippen molar-refractivity contribution in [3.63, 3.8) is 0 Å². The molecule has 1 aromatic heterocycles. The Hall–Kier alpha value is -2.65. The zero-order valence-electron chi connectivity index (χ0n) is 16.3. The Morgan fingerprint density at radius 2 is 1.78 bits per heavy atom. The zero-order valence-corrected chi connectivity index (χ0v) is 19.5. The van der Waals surface area contributed by atoms with Gasteiger partial charge in [-0.2, -0.15) is 0 Å². The largest absolute Gasteiger partial charge is 0.325 e. The van der Waals surface area contributed by atoms with Gasteiger partial charge >= 0.3 is 6.03 Å². The summed E-state index contributed by atoms with van der Waals surface area (Å²) in [6.45, 7) is 0. The number of rotatable bonds is 6. The fourth-order valence-corrected chi connectivity index (χ4v) is 5.04.